The molecule has 11 nitrogen and oxygen atoms in total. The van der Waals surface area contributed by atoms with E-state index in [-0.39, 0.29) is 11.8 Å². The highest BCUT2D eigenvalue weighted by atomic mass is 16.5. The first-order chi connectivity index (χ1) is 22.4. The van der Waals surface area contributed by atoms with Crippen LogP contribution in [0.5, 0.6) is 23.0 Å². The summed E-state index contributed by atoms with van der Waals surface area (Å²) in [5, 5.41) is 12.7. The quantitative estimate of drug-likeness (QED) is 0.178. The van der Waals surface area contributed by atoms with Gasteiger partial charge in [-0.3, -0.25) is 9.78 Å². The molecule has 6 rings (SSSR count). The van der Waals surface area contributed by atoms with Gasteiger partial charge in [0.2, 0.25) is 5.91 Å². The van der Waals surface area contributed by atoms with Gasteiger partial charge in [-0.25, -0.2) is 4.98 Å². The van der Waals surface area contributed by atoms with Gasteiger partial charge >= 0.3 is 0 Å². The molecule has 46 heavy (non-hydrogen) atoms. The number of benzene rings is 2. The van der Waals surface area contributed by atoms with Crippen LogP contribution in [-0.4, -0.2) is 54.5 Å². The second-order valence-corrected chi connectivity index (χ2v) is 11.2. The molecule has 3 heterocycles. The molecule has 0 saturated heterocycles. The van der Waals surface area contributed by atoms with Gasteiger partial charge in [0.15, 0.2) is 11.6 Å². The standard InChI is InChI=1S/C35H36N6O5/c1-21-12-13-36-18-28(21)29-14-25-15-32(38-35(42)22-6-7-22)39-40-33(25)34(37-29)41(19-23-8-10-26(43-2)16-30(23)45-4)20-24-9-11-27(44-3)17-31(24)46-5/h8-18,22H,6-7,19-20H2,1-5H3,(H,38,39,42). The van der Waals surface area contributed by atoms with E-state index in [1.165, 1.54) is 0 Å². The minimum absolute atomic E-state index is 0.0357. The lowest BCUT2D eigenvalue weighted by Gasteiger charge is -2.27. The number of nitrogens with zero attached hydrogens (tertiary/aromatic N) is 5. The van der Waals surface area contributed by atoms with Crippen LogP contribution in [0.15, 0.2) is 67.0 Å². The van der Waals surface area contributed by atoms with Crippen molar-refractivity contribution in [3.8, 4) is 34.3 Å². The summed E-state index contributed by atoms with van der Waals surface area (Å²) in [5.74, 6) is 3.72. The van der Waals surface area contributed by atoms with Crippen LogP contribution in [0.4, 0.5) is 11.6 Å². The van der Waals surface area contributed by atoms with Crippen LogP contribution in [0.25, 0.3) is 22.2 Å². The van der Waals surface area contributed by atoms with E-state index < -0.39 is 0 Å². The highest BCUT2D eigenvalue weighted by Gasteiger charge is 2.30. The van der Waals surface area contributed by atoms with E-state index in [1.54, 1.807) is 40.8 Å². The molecule has 0 bridgehead atoms. The fraction of sp³-hybridized carbons (Fsp3) is 0.286. The normalized spacial score (nSPS) is 12.5. The number of ether oxygens (including phenoxy) is 4. The van der Waals surface area contributed by atoms with Gasteiger partial charge in [-0.15, -0.1) is 10.2 Å². The number of aryl methyl sites for hydroxylation is 1. The Labute approximate surface area is 267 Å². The third-order valence-corrected chi connectivity index (χ3v) is 8.08. The van der Waals surface area contributed by atoms with Crippen molar-refractivity contribution in [2.75, 3.05) is 38.7 Å². The number of aromatic nitrogens is 4. The zero-order chi connectivity index (χ0) is 32.2. The molecule has 0 radical (unpaired) electrons. The van der Waals surface area contributed by atoms with Crippen molar-refractivity contribution >= 4 is 28.4 Å². The average Bonchev–Trinajstić information content (AvgIpc) is 3.94. The number of nitrogens with one attached hydrogen (secondary N) is 1. The van der Waals surface area contributed by atoms with Crippen molar-refractivity contribution in [3.63, 3.8) is 0 Å². The number of hydrogen-bond donors (Lipinski definition) is 1. The smallest absolute Gasteiger partial charge is 0.228 e. The summed E-state index contributed by atoms with van der Waals surface area (Å²) >= 11 is 0. The van der Waals surface area contributed by atoms with Gasteiger partial charge in [0, 0.05) is 65.6 Å². The first kappa shape index (κ1) is 30.6. The summed E-state index contributed by atoms with van der Waals surface area (Å²) in [5.41, 5.74) is 5.03. The molecular formula is C35H36N6O5. The van der Waals surface area contributed by atoms with Gasteiger partial charge in [-0.1, -0.05) is 0 Å². The maximum absolute atomic E-state index is 12.6. The van der Waals surface area contributed by atoms with Crippen LogP contribution in [0, 0.1) is 12.8 Å². The first-order valence-electron chi connectivity index (χ1n) is 15.0. The van der Waals surface area contributed by atoms with Gasteiger partial charge in [0.1, 0.15) is 28.5 Å². The van der Waals surface area contributed by atoms with Crippen molar-refractivity contribution in [1.82, 2.24) is 20.2 Å². The average molecular weight is 621 g/mol. The molecule has 11 heteroatoms. The predicted molar refractivity (Wildman–Crippen MR) is 176 cm³/mol. The molecule has 1 saturated carbocycles. The number of pyridine rings is 2. The lowest BCUT2D eigenvalue weighted by Crippen LogP contribution is -2.25. The summed E-state index contributed by atoms with van der Waals surface area (Å²) < 4.78 is 22.5. The number of hydrogen-bond acceptors (Lipinski definition) is 10. The molecule has 1 aliphatic rings. The highest BCUT2D eigenvalue weighted by molar-refractivity contribution is 5.97. The Morgan fingerprint density at radius 2 is 1.50 bits per heavy atom. The molecule has 5 aromatic rings. The number of carbonyl (C=O) groups excluding carboxylic acids is 1. The molecule has 2 aromatic carbocycles. The maximum atomic E-state index is 12.6. The number of fused-ring (bicyclic) bond motifs is 1. The van der Waals surface area contributed by atoms with Crippen molar-refractivity contribution in [2.24, 2.45) is 5.92 Å². The third-order valence-electron chi connectivity index (χ3n) is 8.08. The van der Waals surface area contributed by atoms with E-state index in [1.807, 2.05) is 61.5 Å². The second kappa shape index (κ2) is 13.3. The summed E-state index contributed by atoms with van der Waals surface area (Å²) in [6, 6.07) is 17.2. The van der Waals surface area contributed by atoms with Crippen LogP contribution < -0.4 is 29.2 Å². The van der Waals surface area contributed by atoms with E-state index >= 15 is 0 Å². The minimum Gasteiger partial charge on any atom is -0.497 e. The van der Waals surface area contributed by atoms with E-state index in [0.29, 0.717) is 58.9 Å². The van der Waals surface area contributed by atoms with Gasteiger partial charge in [0.25, 0.3) is 0 Å². The minimum atomic E-state index is -0.0360. The van der Waals surface area contributed by atoms with Gasteiger partial charge in [-0.05, 0) is 67.8 Å². The number of anilines is 2. The Balaban J connectivity index is 1.53. The molecule has 0 atom stereocenters. The maximum Gasteiger partial charge on any atom is 0.228 e. The molecule has 1 N–H and O–H groups in total. The first-order valence-corrected chi connectivity index (χ1v) is 15.0. The van der Waals surface area contributed by atoms with Crippen molar-refractivity contribution in [3.05, 3.63) is 83.7 Å². The van der Waals surface area contributed by atoms with E-state index in [0.717, 1.165) is 40.5 Å². The molecular weight excluding hydrogens is 584 g/mol. The van der Waals surface area contributed by atoms with Crippen LogP contribution in [0.3, 0.4) is 0 Å². The Kier molecular flexibility index (Phi) is 8.82. The topological polar surface area (TPSA) is 121 Å². The van der Waals surface area contributed by atoms with Gasteiger partial charge < -0.3 is 29.2 Å². The fourth-order valence-electron chi connectivity index (χ4n) is 5.34. The summed E-state index contributed by atoms with van der Waals surface area (Å²) in [4.78, 5) is 24.3. The molecule has 0 spiro atoms. The zero-order valence-corrected chi connectivity index (χ0v) is 26.5. The van der Waals surface area contributed by atoms with Crippen molar-refractivity contribution in [2.45, 2.75) is 32.9 Å². The van der Waals surface area contributed by atoms with E-state index in [9.17, 15) is 4.79 Å². The van der Waals surface area contributed by atoms with Gasteiger partial charge in [0.05, 0.1) is 34.1 Å². The number of carbonyl (C=O) groups is 1. The van der Waals surface area contributed by atoms with Gasteiger partial charge in [-0.2, -0.15) is 0 Å². The van der Waals surface area contributed by atoms with Crippen LogP contribution >= 0.6 is 0 Å². The van der Waals surface area contributed by atoms with E-state index in [2.05, 4.69) is 25.4 Å². The van der Waals surface area contributed by atoms with E-state index in [4.69, 9.17) is 23.9 Å². The molecule has 236 valence electrons. The molecule has 0 aliphatic heterocycles. The highest BCUT2D eigenvalue weighted by Crippen LogP contribution is 2.36. The Morgan fingerprint density at radius 3 is 2.07 bits per heavy atom. The Bertz CT molecular complexity index is 1840. The largest absolute Gasteiger partial charge is 0.497 e. The number of rotatable bonds is 12. The molecule has 1 aliphatic carbocycles. The molecule has 1 amide bonds. The zero-order valence-electron chi connectivity index (χ0n) is 26.5. The second-order valence-electron chi connectivity index (χ2n) is 11.2. The summed E-state index contributed by atoms with van der Waals surface area (Å²) in [7, 11) is 6.52. The summed E-state index contributed by atoms with van der Waals surface area (Å²) in [6.45, 7) is 2.83. The Hall–Kier alpha value is -5.45. The van der Waals surface area contributed by atoms with Crippen molar-refractivity contribution in [1.29, 1.82) is 0 Å². The molecule has 1 fully saturated rings. The summed E-state index contributed by atoms with van der Waals surface area (Å²) in [6.07, 6.45) is 5.35. The lowest BCUT2D eigenvalue weighted by molar-refractivity contribution is -0.117. The predicted octanol–water partition coefficient (Wildman–Crippen LogP) is 5.98. The number of methoxy groups -OCH3 is 4. The van der Waals surface area contributed by atoms with Crippen LogP contribution in [0.1, 0.15) is 29.5 Å². The Morgan fingerprint density at radius 1 is 0.848 bits per heavy atom. The van der Waals surface area contributed by atoms with Crippen LogP contribution in [0.2, 0.25) is 0 Å². The molecule has 3 aromatic heterocycles. The lowest BCUT2D eigenvalue weighted by atomic mass is 10.1. The van der Waals surface area contributed by atoms with Crippen LogP contribution in [-0.2, 0) is 17.9 Å². The fourth-order valence-corrected chi connectivity index (χ4v) is 5.34. The SMILES string of the molecule is COc1ccc(CN(Cc2ccc(OC)cc2OC)c2nc(-c3cnccc3C)cc3cc(NC(=O)C4CC4)nnc23)c(OC)c1. The monoisotopic (exact) mass is 620 g/mol. The third kappa shape index (κ3) is 6.49. The number of amides is 1. The molecule has 0 unspecified atom stereocenters. The van der Waals surface area contributed by atoms with Crippen molar-refractivity contribution < 1.29 is 23.7 Å².